The molecule has 0 atom stereocenters. The van der Waals surface area contributed by atoms with E-state index in [9.17, 15) is 9.59 Å². The Morgan fingerprint density at radius 1 is 1.14 bits per heavy atom. The van der Waals surface area contributed by atoms with Crippen molar-refractivity contribution >= 4 is 45.1 Å². The van der Waals surface area contributed by atoms with Crippen LogP contribution in [0.25, 0.3) is 0 Å². The number of anilines is 1. The second kappa shape index (κ2) is 6.28. The number of amides is 1. The molecule has 108 valence electrons. The number of carboxylic acids is 1. The summed E-state index contributed by atoms with van der Waals surface area (Å²) in [5, 5.41) is 11.7. The number of hydrogen-bond acceptors (Lipinski definition) is 2. The zero-order chi connectivity index (χ0) is 15.6. The van der Waals surface area contributed by atoms with Gasteiger partial charge < -0.3 is 10.4 Å². The van der Waals surface area contributed by atoms with Crippen molar-refractivity contribution < 1.29 is 14.7 Å². The molecule has 0 aliphatic carbocycles. The fraction of sp³-hybridized carbons (Fsp3) is 0.0667. The molecule has 4 nitrogen and oxygen atoms in total. The Kier molecular flexibility index (Phi) is 4.65. The van der Waals surface area contributed by atoms with Crippen molar-refractivity contribution in [2.45, 2.75) is 6.92 Å². The molecular formula is C15H11BrClNO3. The fourth-order valence-corrected chi connectivity index (χ4v) is 2.47. The van der Waals surface area contributed by atoms with Crippen LogP contribution in [0.1, 0.15) is 26.3 Å². The molecule has 0 bridgehead atoms. The van der Waals surface area contributed by atoms with Crippen molar-refractivity contribution in [2.24, 2.45) is 0 Å². The molecule has 0 fully saturated rings. The Morgan fingerprint density at radius 2 is 1.86 bits per heavy atom. The molecular weight excluding hydrogens is 358 g/mol. The summed E-state index contributed by atoms with van der Waals surface area (Å²) in [5.74, 6) is -1.41. The molecule has 0 aromatic heterocycles. The first-order valence-electron chi connectivity index (χ1n) is 5.99. The summed E-state index contributed by atoms with van der Waals surface area (Å²) < 4.78 is 0.679. The molecule has 0 radical (unpaired) electrons. The summed E-state index contributed by atoms with van der Waals surface area (Å²) in [4.78, 5) is 23.1. The van der Waals surface area contributed by atoms with E-state index in [4.69, 9.17) is 16.7 Å². The second-order valence-corrected chi connectivity index (χ2v) is 5.70. The van der Waals surface area contributed by atoms with E-state index in [-0.39, 0.29) is 16.5 Å². The van der Waals surface area contributed by atoms with Gasteiger partial charge in [0.2, 0.25) is 0 Å². The molecule has 6 heteroatoms. The number of aromatic carboxylic acids is 1. The molecule has 0 saturated carbocycles. The van der Waals surface area contributed by atoms with E-state index in [2.05, 4.69) is 21.2 Å². The van der Waals surface area contributed by atoms with Gasteiger partial charge in [-0.1, -0.05) is 23.2 Å². The van der Waals surface area contributed by atoms with E-state index in [0.717, 1.165) is 5.56 Å². The zero-order valence-electron chi connectivity index (χ0n) is 11.0. The maximum atomic E-state index is 12.2. The molecule has 0 spiro atoms. The molecule has 2 aromatic carbocycles. The maximum absolute atomic E-state index is 12.2. The predicted molar refractivity (Wildman–Crippen MR) is 85.2 cm³/mol. The van der Waals surface area contributed by atoms with Crippen LogP contribution >= 0.6 is 27.5 Å². The largest absolute Gasteiger partial charge is 0.478 e. The van der Waals surface area contributed by atoms with Crippen LogP contribution in [0.4, 0.5) is 5.69 Å². The summed E-state index contributed by atoms with van der Waals surface area (Å²) in [6, 6.07) is 9.70. The molecule has 2 rings (SSSR count). The van der Waals surface area contributed by atoms with Crippen molar-refractivity contribution in [3.63, 3.8) is 0 Å². The molecule has 0 unspecified atom stereocenters. The third-order valence-corrected chi connectivity index (χ3v) is 3.83. The highest BCUT2D eigenvalue weighted by Gasteiger charge is 2.13. The Bertz CT molecular complexity index is 731. The van der Waals surface area contributed by atoms with Gasteiger partial charge in [-0.3, -0.25) is 4.79 Å². The number of hydrogen-bond donors (Lipinski definition) is 2. The lowest BCUT2D eigenvalue weighted by Gasteiger charge is -2.09. The first kappa shape index (κ1) is 15.5. The van der Waals surface area contributed by atoms with Crippen molar-refractivity contribution in [1.82, 2.24) is 0 Å². The van der Waals surface area contributed by atoms with Crippen LogP contribution in [-0.2, 0) is 0 Å². The number of aryl methyl sites for hydroxylation is 1. The number of carboxylic acid groups (broad SMARTS) is 1. The predicted octanol–water partition coefficient (Wildman–Crippen LogP) is 4.36. The van der Waals surface area contributed by atoms with E-state index in [1.807, 2.05) is 13.0 Å². The van der Waals surface area contributed by atoms with Gasteiger partial charge in [-0.05, 0) is 53.2 Å². The highest BCUT2D eigenvalue weighted by atomic mass is 79.9. The van der Waals surface area contributed by atoms with Crippen molar-refractivity contribution in [3.05, 3.63) is 62.6 Å². The highest BCUT2D eigenvalue weighted by molar-refractivity contribution is 9.10. The SMILES string of the molecule is Cc1ccc(Br)c(C(=O)Nc2ccc(C(=O)O)c(Cl)c2)c1. The van der Waals surface area contributed by atoms with Gasteiger partial charge in [-0.25, -0.2) is 4.79 Å². The lowest BCUT2D eigenvalue weighted by molar-refractivity contribution is 0.0697. The normalized spacial score (nSPS) is 10.2. The summed E-state index contributed by atoms with van der Waals surface area (Å²) >= 11 is 9.19. The molecule has 21 heavy (non-hydrogen) atoms. The summed E-state index contributed by atoms with van der Waals surface area (Å²) in [5.41, 5.74) is 1.88. The number of rotatable bonds is 3. The molecule has 0 saturated heterocycles. The average Bonchev–Trinajstić information content (AvgIpc) is 2.41. The second-order valence-electron chi connectivity index (χ2n) is 4.44. The van der Waals surface area contributed by atoms with E-state index >= 15 is 0 Å². The molecule has 0 aliphatic rings. The van der Waals surface area contributed by atoms with Gasteiger partial charge in [0, 0.05) is 10.2 Å². The van der Waals surface area contributed by atoms with Crippen LogP contribution in [-0.4, -0.2) is 17.0 Å². The van der Waals surface area contributed by atoms with Gasteiger partial charge in [0.25, 0.3) is 5.91 Å². The topological polar surface area (TPSA) is 66.4 Å². The van der Waals surface area contributed by atoms with Crippen LogP contribution < -0.4 is 5.32 Å². The Morgan fingerprint density at radius 3 is 2.48 bits per heavy atom. The third-order valence-electron chi connectivity index (χ3n) is 2.82. The van der Waals surface area contributed by atoms with Gasteiger partial charge in [-0.15, -0.1) is 0 Å². The Labute approximate surface area is 134 Å². The van der Waals surface area contributed by atoms with Gasteiger partial charge >= 0.3 is 5.97 Å². The number of nitrogens with one attached hydrogen (secondary N) is 1. The monoisotopic (exact) mass is 367 g/mol. The van der Waals surface area contributed by atoms with Gasteiger partial charge in [0.15, 0.2) is 0 Å². The first-order valence-corrected chi connectivity index (χ1v) is 7.16. The van der Waals surface area contributed by atoms with E-state index in [0.29, 0.717) is 15.7 Å². The van der Waals surface area contributed by atoms with Crippen LogP contribution in [0, 0.1) is 6.92 Å². The molecule has 0 heterocycles. The van der Waals surface area contributed by atoms with Gasteiger partial charge in [0.1, 0.15) is 0 Å². The summed E-state index contributed by atoms with van der Waals surface area (Å²) in [6.07, 6.45) is 0. The van der Waals surface area contributed by atoms with Crippen molar-refractivity contribution in [3.8, 4) is 0 Å². The average molecular weight is 369 g/mol. The standard InChI is InChI=1S/C15H11BrClNO3/c1-8-2-5-12(16)11(6-8)14(19)18-9-3-4-10(15(20)21)13(17)7-9/h2-7H,1H3,(H,18,19)(H,20,21). The lowest BCUT2D eigenvalue weighted by atomic mass is 10.1. The number of carbonyl (C=O) groups excluding carboxylic acids is 1. The Hall–Kier alpha value is -1.85. The fourth-order valence-electron chi connectivity index (χ4n) is 1.78. The van der Waals surface area contributed by atoms with E-state index < -0.39 is 5.97 Å². The molecule has 2 N–H and O–H groups in total. The number of carbonyl (C=O) groups is 2. The minimum Gasteiger partial charge on any atom is -0.478 e. The Balaban J connectivity index is 2.26. The van der Waals surface area contributed by atoms with Gasteiger partial charge in [-0.2, -0.15) is 0 Å². The van der Waals surface area contributed by atoms with Crippen molar-refractivity contribution in [1.29, 1.82) is 0 Å². The van der Waals surface area contributed by atoms with Crippen molar-refractivity contribution in [2.75, 3.05) is 5.32 Å². The van der Waals surface area contributed by atoms with E-state index in [1.54, 1.807) is 12.1 Å². The summed E-state index contributed by atoms with van der Waals surface area (Å²) in [6.45, 7) is 1.89. The smallest absolute Gasteiger partial charge is 0.337 e. The minimum atomic E-state index is -1.11. The molecule has 1 amide bonds. The third kappa shape index (κ3) is 3.62. The van der Waals surface area contributed by atoms with E-state index in [1.165, 1.54) is 18.2 Å². The number of benzene rings is 2. The highest BCUT2D eigenvalue weighted by Crippen LogP contribution is 2.23. The van der Waals surface area contributed by atoms with Gasteiger partial charge in [0.05, 0.1) is 16.1 Å². The van der Waals surface area contributed by atoms with Crippen LogP contribution in [0.2, 0.25) is 5.02 Å². The lowest BCUT2D eigenvalue weighted by Crippen LogP contribution is -2.13. The number of halogens is 2. The first-order chi connectivity index (χ1) is 9.88. The summed E-state index contributed by atoms with van der Waals surface area (Å²) in [7, 11) is 0. The van der Waals surface area contributed by atoms with Crippen LogP contribution in [0.5, 0.6) is 0 Å². The van der Waals surface area contributed by atoms with Crippen LogP contribution in [0.3, 0.4) is 0 Å². The minimum absolute atomic E-state index is 0.00796. The van der Waals surface area contributed by atoms with Crippen LogP contribution in [0.15, 0.2) is 40.9 Å². The zero-order valence-corrected chi connectivity index (χ0v) is 13.3. The molecule has 2 aromatic rings. The molecule has 0 aliphatic heterocycles. The quantitative estimate of drug-likeness (QED) is 0.846. The maximum Gasteiger partial charge on any atom is 0.337 e.